The number of ether oxygens (including phenoxy) is 1. The van der Waals surface area contributed by atoms with Crippen LogP contribution in [0.4, 0.5) is 0 Å². The van der Waals surface area contributed by atoms with E-state index in [2.05, 4.69) is 18.9 Å². The predicted molar refractivity (Wildman–Crippen MR) is 94.6 cm³/mol. The number of para-hydroxylation sites is 1. The van der Waals surface area contributed by atoms with E-state index in [0.717, 1.165) is 28.1 Å². The molecule has 1 heterocycles. The molecule has 0 aliphatic carbocycles. The van der Waals surface area contributed by atoms with E-state index in [1.165, 1.54) is 4.90 Å². The highest BCUT2D eigenvalue weighted by molar-refractivity contribution is 5.75. The van der Waals surface area contributed by atoms with E-state index < -0.39 is 11.1 Å². The van der Waals surface area contributed by atoms with Crippen molar-refractivity contribution in [1.82, 2.24) is 14.7 Å². The molecule has 0 radical (unpaired) electrons. The molecule has 0 aliphatic heterocycles. The number of amides is 1. The SMILES string of the molecule is CC(C)COc1ccccc1CN(C)C(=O)Cn1[nH]c(=O)ccc1=O. The van der Waals surface area contributed by atoms with Gasteiger partial charge in [0.05, 0.1) is 6.61 Å². The van der Waals surface area contributed by atoms with Gasteiger partial charge in [0.2, 0.25) is 5.91 Å². The van der Waals surface area contributed by atoms with Crippen molar-refractivity contribution in [3.63, 3.8) is 0 Å². The predicted octanol–water partition coefficient (Wildman–Crippen LogP) is 1.23. The molecule has 1 aromatic carbocycles. The highest BCUT2D eigenvalue weighted by Gasteiger charge is 2.14. The van der Waals surface area contributed by atoms with Crippen molar-refractivity contribution < 1.29 is 9.53 Å². The van der Waals surface area contributed by atoms with Crippen LogP contribution in [0.1, 0.15) is 19.4 Å². The van der Waals surface area contributed by atoms with Crippen LogP contribution in [0.15, 0.2) is 46.0 Å². The zero-order valence-corrected chi connectivity index (χ0v) is 14.7. The van der Waals surface area contributed by atoms with Gasteiger partial charge in [0.1, 0.15) is 12.3 Å². The number of likely N-dealkylation sites (N-methyl/N-ethyl adjacent to an activating group) is 1. The van der Waals surface area contributed by atoms with Gasteiger partial charge in [-0.2, -0.15) is 0 Å². The molecule has 1 aromatic heterocycles. The maximum Gasteiger partial charge on any atom is 0.265 e. The second kappa shape index (κ2) is 8.32. The Morgan fingerprint density at radius 3 is 2.64 bits per heavy atom. The fourth-order valence-corrected chi connectivity index (χ4v) is 2.21. The summed E-state index contributed by atoms with van der Waals surface area (Å²) < 4.78 is 6.79. The van der Waals surface area contributed by atoms with E-state index in [9.17, 15) is 14.4 Å². The lowest BCUT2D eigenvalue weighted by molar-refractivity contribution is -0.131. The minimum Gasteiger partial charge on any atom is -0.493 e. The van der Waals surface area contributed by atoms with Gasteiger partial charge in [-0.05, 0) is 12.0 Å². The number of nitrogens with zero attached hydrogens (tertiary/aromatic N) is 2. The second-order valence-electron chi connectivity index (χ2n) is 6.30. The molecule has 0 saturated carbocycles. The minimum absolute atomic E-state index is 0.222. The van der Waals surface area contributed by atoms with Gasteiger partial charge in [0.15, 0.2) is 0 Å². The van der Waals surface area contributed by atoms with Crippen molar-refractivity contribution >= 4 is 5.91 Å². The quantitative estimate of drug-likeness (QED) is 0.818. The topological polar surface area (TPSA) is 84.4 Å². The Labute approximate surface area is 145 Å². The van der Waals surface area contributed by atoms with Crippen LogP contribution < -0.4 is 15.9 Å². The molecule has 0 saturated heterocycles. The molecular formula is C18H23N3O4. The Kier molecular flexibility index (Phi) is 6.16. The number of nitrogens with one attached hydrogen (secondary N) is 1. The van der Waals surface area contributed by atoms with Crippen molar-refractivity contribution in [2.24, 2.45) is 5.92 Å². The summed E-state index contributed by atoms with van der Waals surface area (Å²) in [4.78, 5) is 36.8. The molecule has 7 heteroatoms. The number of carbonyl (C=O) groups excluding carboxylic acids is 1. The van der Waals surface area contributed by atoms with E-state index in [-0.39, 0.29) is 12.5 Å². The number of hydrogen-bond acceptors (Lipinski definition) is 4. The Balaban J connectivity index is 2.07. The van der Waals surface area contributed by atoms with Crippen LogP contribution in [-0.2, 0) is 17.9 Å². The fraction of sp³-hybridized carbons (Fsp3) is 0.389. The van der Waals surface area contributed by atoms with Gasteiger partial charge in [-0.25, -0.2) is 4.68 Å². The molecule has 2 rings (SSSR count). The average Bonchev–Trinajstić information content (AvgIpc) is 2.57. The Morgan fingerprint density at radius 1 is 1.20 bits per heavy atom. The Bertz CT molecular complexity index is 838. The normalized spacial score (nSPS) is 10.7. The molecule has 0 unspecified atom stereocenters. The molecule has 0 spiro atoms. The first-order valence-electron chi connectivity index (χ1n) is 8.11. The van der Waals surface area contributed by atoms with Crippen LogP contribution in [0.5, 0.6) is 5.75 Å². The minimum atomic E-state index is -0.429. The summed E-state index contributed by atoms with van der Waals surface area (Å²) in [6.45, 7) is 4.85. The number of aromatic nitrogens is 2. The van der Waals surface area contributed by atoms with Gasteiger partial charge in [0, 0.05) is 31.3 Å². The molecule has 0 fully saturated rings. The fourth-order valence-electron chi connectivity index (χ4n) is 2.21. The summed E-state index contributed by atoms with van der Waals surface area (Å²) in [5, 5.41) is 2.35. The number of H-pyrrole nitrogens is 1. The molecule has 0 aliphatic rings. The number of aromatic amines is 1. The van der Waals surface area contributed by atoms with Gasteiger partial charge in [-0.3, -0.25) is 19.5 Å². The molecule has 25 heavy (non-hydrogen) atoms. The van der Waals surface area contributed by atoms with E-state index in [1.807, 2.05) is 24.3 Å². The van der Waals surface area contributed by atoms with Crippen molar-refractivity contribution in [3.05, 3.63) is 62.7 Å². The van der Waals surface area contributed by atoms with Crippen molar-refractivity contribution in [1.29, 1.82) is 0 Å². The highest BCUT2D eigenvalue weighted by atomic mass is 16.5. The summed E-state index contributed by atoms with van der Waals surface area (Å²) in [6.07, 6.45) is 0. The first kappa shape index (κ1) is 18.5. The zero-order valence-electron chi connectivity index (χ0n) is 14.7. The first-order valence-corrected chi connectivity index (χ1v) is 8.11. The van der Waals surface area contributed by atoms with Crippen molar-refractivity contribution in [3.8, 4) is 5.75 Å². The average molecular weight is 345 g/mol. The van der Waals surface area contributed by atoms with Crippen molar-refractivity contribution in [2.75, 3.05) is 13.7 Å². The van der Waals surface area contributed by atoms with Gasteiger partial charge >= 0.3 is 0 Å². The number of carbonyl (C=O) groups is 1. The van der Waals surface area contributed by atoms with Gasteiger partial charge in [-0.1, -0.05) is 32.0 Å². The van der Waals surface area contributed by atoms with Crippen LogP contribution in [0.2, 0.25) is 0 Å². The van der Waals surface area contributed by atoms with Crippen LogP contribution in [0.25, 0.3) is 0 Å². The lowest BCUT2D eigenvalue weighted by Gasteiger charge is -2.20. The second-order valence-corrected chi connectivity index (χ2v) is 6.30. The smallest absolute Gasteiger partial charge is 0.265 e. The molecule has 0 bridgehead atoms. The maximum absolute atomic E-state index is 12.4. The molecular weight excluding hydrogens is 322 g/mol. The molecule has 1 N–H and O–H groups in total. The summed E-state index contributed by atoms with van der Waals surface area (Å²) >= 11 is 0. The van der Waals surface area contributed by atoms with Gasteiger partial charge < -0.3 is 9.64 Å². The van der Waals surface area contributed by atoms with Crippen LogP contribution in [-0.4, -0.2) is 34.2 Å². The third-order valence-corrected chi connectivity index (χ3v) is 3.56. The summed E-state index contributed by atoms with van der Waals surface area (Å²) in [6, 6.07) is 9.81. The summed E-state index contributed by atoms with van der Waals surface area (Å²) in [5.74, 6) is 0.845. The molecule has 2 aromatic rings. The van der Waals surface area contributed by atoms with E-state index in [4.69, 9.17) is 4.74 Å². The molecule has 0 atom stereocenters. The van der Waals surface area contributed by atoms with Gasteiger partial charge in [-0.15, -0.1) is 0 Å². The summed E-state index contributed by atoms with van der Waals surface area (Å²) in [5.41, 5.74) is 0.0254. The van der Waals surface area contributed by atoms with Crippen LogP contribution in [0, 0.1) is 5.92 Å². The third kappa shape index (κ3) is 5.34. The lowest BCUT2D eigenvalue weighted by atomic mass is 10.2. The van der Waals surface area contributed by atoms with Crippen molar-refractivity contribution in [2.45, 2.75) is 26.9 Å². The standard InChI is InChI=1S/C18H23N3O4/c1-13(2)12-25-15-7-5-4-6-14(15)10-20(3)18(24)11-21-17(23)9-8-16(22)19-21/h4-9,13H,10-12H2,1-3H3,(H,19,22). The van der Waals surface area contributed by atoms with E-state index in [1.54, 1.807) is 7.05 Å². The Hall–Kier alpha value is -2.83. The maximum atomic E-state index is 12.4. The number of hydrogen-bond donors (Lipinski definition) is 1. The highest BCUT2D eigenvalue weighted by Crippen LogP contribution is 2.20. The Morgan fingerprint density at radius 2 is 1.92 bits per heavy atom. The number of benzene rings is 1. The van der Waals surface area contributed by atoms with E-state index in [0.29, 0.717) is 19.1 Å². The third-order valence-electron chi connectivity index (χ3n) is 3.56. The molecule has 134 valence electrons. The van der Waals surface area contributed by atoms with Gasteiger partial charge in [0.25, 0.3) is 11.1 Å². The molecule has 1 amide bonds. The van der Waals surface area contributed by atoms with Crippen LogP contribution in [0.3, 0.4) is 0 Å². The lowest BCUT2D eigenvalue weighted by Crippen LogP contribution is -2.36. The summed E-state index contributed by atoms with van der Waals surface area (Å²) in [7, 11) is 1.65. The first-order chi connectivity index (χ1) is 11.9. The zero-order chi connectivity index (χ0) is 18.4. The van der Waals surface area contributed by atoms with Crippen LogP contribution >= 0.6 is 0 Å². The molecule has 7 nitrogen and oxygen atoms in total. The van der Waals surface area contributed by atoms with E-state index >= 15 is 0 Å². The largest absolute Gasteiger partial charge is 0.493 e. The number of rotatable bonds is 7. The monoisotopic (exact) mass is 345 g/mol.